The molecule has 0 saturated carbocycles. The molecule has 0 fully saturated rings. The molecule has 1 amide bonds. The highest BCUT2D eigenvalue weighted by atomic mass is 35.5. The van der Waals surface area contributed by atoms with E-state index in [4.69, 9.17) is 11.6 Å². The van der Waals surface area contributed by atoms with Crippen LogP contribution in [0, 0.1) is 5.92 Å². The summed E-state index contributed by atoms with van der Waals surface area (Å²) in [7, 11) is -3.95. The first kappa shape index (κ1) is 28.0. The first-order valence-electron chi connectivity index (χ1n) is 11.1. The van der Waals surface area contributed by atoms with Gasteiger partial charge in [0, 0.05) is 12.1 Å². The number of unbranched alkanes of at least 4 members (excludes halogenated alkanes) is 1. The van der Waals surface area contributed by atoms with Crippen molar-refractivity contribution in [1.82, 2.24) is 5.32 Å². The van der Waals surface area contributed by atoms with Crippen molar-refractivity contribution < 1.29 is 26.4 Å². The van der Waals surface area contributed by atoms with Gasteiger partial charge in [-0.2, -0.15) is 13.2 Å². The summed E-state index contributed by atoms with van der Waals surface area (Å²) in [4.78, 5) is 12.5. The number of benzene rings is 2. The summed E-state index contributed by atoms with van der Waals surface area (Å²) in [5.74, 6) is 0.172. The third kappa shape index (κ3) is 7.91. The van der Waals surface area contributed by atoms with E-state index >= 15 is 0 Å². The third-order valence-corrected chi connectivity index (χ3v) is 7.03. The van der Waals surface area contributed by atoms with E-state index in [0.29, 0.717) is 29.7 Å². The number of halogens is 4. The smallest absolute Gasteiger partial charge is 0.352 e. The van der Waals surface area contributed by atoms with Gasteiger partial charge in [-0.05, 0) is 48.2 Å². The standard InChI is InChI=1S/C24H30ClF3N2O3S/c1-4-6-7-17(5-2)15-29-23(31)19-10-8-18(9-11-19)16-30(34(3,32)33)22-14-20(24(26,27)28)12-13-21(22)25/h8-14,17H,4-7,15-16H2,1-3H3,(H,29,31). The molecule has 10 heteroatoms. The number of nitrogens with one attached hydrogen (secondary N) is 1. The highest BCUT2D eigenvalue weighted by Gasteiger charge is 2.32. The number of hydrogen-bond acceptors (Lipinski definition) is 3. The first-order valence-corrected chi connectivity index (χ1v) is 13.3. The van der Waals surface area contributed by atoms with Crippen LogP contribution in [0.4, 0.5) is 18.9 Å². The molecule has 0 spiro atoms. The minimum atomic E-state index is -4.65. The number of carbonyl (C=O) groups is 1. The van der Waals surface area contributed by atoms with Crippen molar-refractivity contribution in [2.45, 2.75) is 52.3 Å². The maximum absolute atomic E-state index is 13.2. The number of alkyl halides is 3. The molecular formula is C24H30ClF3N2O3S. The van der Waals surface area contributed by atoms with Crippen LogP contribution >= 0.6 is 11.6 Å². The molecule has 2 rings (SSSR count). The van der Waals surface area contributed by atoms with Gasteiger partial charge in [0.2, 0.25) is 10.0 Å². The summed E-state index contributed by atoms with van der Waals surface area (Å²) in [6, 6.07) is 8.80. The molecule has 188 valence electrons. The lowest BCUT2D eigenvalue weighted by atomic mass is 9.99. The molecule has 0 bridgehead atoms. The van der Waals surface area contributed by atoms with E-state index < -0.39 is 21.8 Å². The van der Waals surface area contributed by atoms with Crippen LogP contribution in [0.2, 0.25) is 5.02 Å². The number of anilines is 1. The van der Waals surface area contributed by atoms with Crippen molar-refractivity contribution >= 4 is 33.2 Å². The molecule has 34 heavy (non-hydrogen) atoms. The van der Waals surface area contributed by atoms with Crippen LogP contribution in [0.5, 0.6) is 0 Å². The minimum absolute atomic E-state index is 0.122. The predicted molar refractivity (Wildman–Crippen MR) is 130 cm³/mol. The van der Waals surface area contributed by atoms with Gasteiger partial charge in [0.15, 0.2) is 0 Å². The number of carbonyl (C=O) groups excluding carboxylic acids is 1. The molecule has 0 aliphatic rings. The topological polar surface area (TPSA) is 66.5 Å². The number of hydrogen-bond donors (Lipinski definition) is 1. The molecule has 0 radical (unpaired) electrons. The molecule has 1 N–H and O–H groups in total. The zero-order chi connectivity index (χ0) is 25.5. The Balaban J connectivity index is 2.19. The Kier molecular flexibility index (Phi) is 9.82. The van der Waals surface area contributed by atoms with E-state index in [-0.39, 0.29) is 23.2 Å². The Bertz CT molecular complexity index is 1070. The Morgan fingerprint density at radius 3 is 2.29 bits per heavy atom. The normalized spacial score (nSPS) is 12.9. The first-order chi connectivity index (χ1) is 15.9. The number of sulfonamides is 1. The number of rotatable bonds is 11. The molecule has 1 atom stereocenters. The highest BCUT2D eigenvalue weighted by Crippen LogP contribution is 2.36. The van der Waals surface area contributed by atoms with Gasteiger partial charge >= 0.3 is 6.18 Å². The molecule has 2 aromatic rings. The van der Waals surface area contributed by atoms with Crippen LogP contribution in [0.1, 0.15) is 61.0 Å². The van der Waals surface area contributed by atoms with Crippen LogP contribution in [-0.4, -0.2) is 27.1 Å². The Morgan fingerprint density at radius 1 is 1.12 bits per heavy atom. The van der Waals surface area contributed by atoms with Crippen molar-refractivity contribution in [3.63, 3.8) is 0 Å². The van der Waals surface area contributed by atoms with Gasteiger partial charge < -0.3 is 5.32 Å². The third-order valence-electron chi connectivity index (χ3n) is 5.58. The summed E-state index contributed by atoms with van der Waals surface area (Å²) in [5.41, 5.74) is -0.364. The minimum Gasteiger partial charge on any atom is -0.352 e. The Labute approximate surface area is 204 Å². The van der Waals surface area contributed by atoms with Crippen LogP contribution in [-0.2, 0) is 22.7 Å². The summed E-state index contributed by atoms with van der Waals surface area (Å²) < 4.78 is 65.1. The van der Waals surface area contributed by atoms with Crippen LogP contribution < -0.4 is 9.62 Å². The largest absolute Gasteiger partial charge is 0.416 e. The van der Waals surface area contributed by atoms with E-state index in [0.717, 1.165) is 48.4 Å². The number of amides is 1. The fourth-order valence-corrected chi connectivity index (χ4v) is 4.63. The Hall–Kier alpha value is -2.26. The molecule has 1 unspecified atom stereocenters. The molecule has 0 saturated heterocycles. The van der Waals surface area contributed by atoms with Crippen molar-refractivity contribution in [2.24, 2.45) is 5.92 Å². The van der Waals surface area contributed by atoms with Gasteiger partial charge in [0.1, 0.15) is 0 Å². The van der Waals surface area contributed by atoms with Crippen LogP contribution in [0.15, 0.2) is 42.5 Å². The van der Waals surface area contributed by atoms with Crippen LogP contribution in [0.25, 0.3) is 0 Å². The quantitative estimate of drug-likeness (QED) is 0.381. The average Bonchev–Trinajstić information content (AvgIpc) is 2.77. The van der Waals surface area contributed by atoms with Gasteiger partial charge in [-0.3, -0.25) is 9.10 Å². The molecule has 0 aliphatic carbocycles. The zero-order valence-electron chi connectivity index (χ0n) is 19.5. The molecule has 0 heterocycles. The van der Waals surface area contributed by atoms with Crippen molar-refractivity contribution in [2.75, 3.05) is 17.1 Å². The second-order valence-corrected chi connectivity index (χ2v) is 10.6. The summed E-state index contributed by atoms with van der Waals surface area (Å²) in [6.07, 6.45) is 0.473. The second kappa shape index (κ2) is 11.9. The van der Waals surface area contributed by atoms with E-state index in [1.54, 1.807) is 24.3 Å². The van der Waals surface area contributed by atoms with Crippen LogP contribution in [0.3, 0.4) is 0 Å². The Morgan fingerprint density at radius 2 is 1.76 bits per heavy atom. The van der Waals surface area contributed by atoms with Gasteiger partial charge in [-0.25, -0.2) is 8.42 Å². The lowest BCUT2D eigenvalue weighted by molar-refractivity contribution is -0.137. The summed E-state index contributed by atoms with van der Waals surface area (Å²) in [5, 5.41) is 2.81. The maximum Gasteiger partial charge on any atom is 0.416 e. The van der Waals surface area contributed by atoms with Crippen molar-refractivity contribution in [3.8, 4) is 0 Å². The fourth-order valence-electron chi connectivity index (χ4n) is 3.47. The maximum atomic E-state index is 13.2. The zero-order valence-corrected chi connectivity index (χ0v) is 21.0. The summed E-state index contributed by atoms with van der Waals surface area (Å²) >= 11 is 6.06. The van der Waals surface area contributed by atoms with Gasteiger partial charge in [0.05, 0.1) is 29.1 Å². The molecule has 2 aromatic carbocycles. The highest BCUT2D eigenvalue weighted by molar-refractivity contribution is 7.92. The molecule has 5 nitrogen and oxygen atoms in total. The van der Waals surface area contributed by atoms with E-state index in [1.165, 1.54) is 0 Å². The van der Waals surface area contributed by atoms with Crippen molar-refractivity contribution in [1.29, 1.82) is 0 Å². The molecular weight excluding hydrogens is 489 g/mol. The SMILES string of the molecule is CCCCC(CC)CNC(=O)c1ccc(CN(c2cc(C(F)(F)F)ccc2Cl)S(C)(=O)=O)cc1. The van der Waals surface area contributed by atoms with E-state index in [9.17, 15) is 26.4 Å². The molecule has 0 aliphatic heterocycles. The predicted octanol–water partition coefficient (Wildman–Crippen LogP) is 6.27. The second-order valence-electron chi connectivity index (χ2n) is 8.26. The molecule has 0 aromatic heterocycles. The average molecular weight is 519 g/mol. The van der Waals surface area contributed by atoms with Gasteiger partial charge in [-0.15, -0.1) is 0 Å². The summed E-state index contributed by atoms with van der Waals surface area (Å²) in [6.45, 7) is 4.55. The fraction of sp³-hybridized carbons (Fsp3) is 0.458. The number of nitrogens with zero attached hydrogens (tertiary/aromatic N) is 1. The van der Waals surface area contributed by atoms with E-state index in [2.05, 4.69) is 19.2 Å². The van der Waals surface area contributed by atoms with E-state index in [1.807, 2.05) is 0 Å². The lowest BCUT2D eigenvalue weighted by Gasteiger charge is -2.24. The lowest BCUT2D eigenvalue weighted by Crippen LogP contribution is -2.30. The van der Waals surface area contributed by atoms with Crippen molar-refractivity contribution in [3.05, 3.63) is 64.2 Å². The van der Waals surface area contributed by atoms with Gasteiger partial charge in [0.25, 0.3) is 5.91 Å². The van der Waals surface area contributed by atoms with Gasteiger partial charge in [-0.1, -0.05) is 56.8 Å². The monoisotopic (exact) mass is 518 g/mol.